The highest BCUT2D eigenvalue weighted by atomic mass is 32.1. The van der Waals surface area contributed by atoms with Crippen LogP contribution >= 0.6 is 22.9 Å². The Kier molecular flexibility index (Phi) is 5.15. The largest absolute Gasteiger partial charge is 0.349 e. The van der Waals surface area contributed by atoms with Crippen LogP contribution in [0.3, 0.4) is 0 Å². The number of aryl methyl sites for hydroxylation is 1. The van der Waals surface area contributed by atoms with Gasteiger partial charge in [-0.25, -0.2) is 0 Å². The molecule has 1 amide bonds. The molecule has 1 aromatic carbocycles. The second kappa shape index (κ2) is 7.48. The van der Waals surface area contributed by atoms with Crippen LogP contribution in [0.5, 0.6) is 0 Å². The second-order valence-electron chi connectivity index (χ2n) is 5.33. The van der Waals surface area contributed by atoms with Crippen molar-refractivity contribution < 1.29 is 4.79 Å². The van der Waals surface area contributed by atoms with E-state index in [1.165, 1.54) is 5.56 Å². The molecule has 2 aromatic heterocycles. The van der Waals surface area contributed by atoms with E-state index in [9.17, 15) is 4.79 Å². The van der Waals surface area contributed by atoms with E-state index in [0.29, 0.717) is 10.6 Å². The molecule has 0 aliphatic heterocycles. The van der Waals surface area contributed by atoms with E-state index in [1.807, 2.05) is 42.6 Å². The highest BCUT2D eigenvalue weighted by molar-refractivity contribution is 7.14. The Hall–Kier alpha value is -2.05. The van der Waals surface area contributed by atoms with Crippen molar-refractivity contribution in [2.75, 3.05) is 0 Å². The molecule has 1 atom stereocenters. The van der Waals surface area contributed by atoms with Crippen LogP contribution in [0.15, 0.2) is 47.8 Å². The Morgan fingerprint density at radius 2 is 2.04 bits per heavy atom. The fraction of sp³-hybridized carbons (Fsp3) is 0.235. The number of nitrogens with one attached hydrogen (secondary N) is 1. The van der Waals surface area contributed by atoms with Crippen molar-refractivity contribution in [3.05, 3.63) is 58.3 Å². The normalized spacial score (nSPS) is 12.0. The number of rotatable bonds is 6. The summed E-state index contributed by atoms with van der Waals surface area (Å²) >= 11 is 2.71. The van der Waals surface area contributed by atoms with Gasteiger partial charge < -0.3 is 5.32 Å². The van der Waals surface area contributed by atoms with E-state index in [1.54, 1.807) is 11.3 Å². The molecule has 0 aliphatic carbocycles. The summed E-state index contributed by atoms with van der Waals surface area (Å²) in [6.07, 6.45) is 1.84. The van der Waals surface area contributed by atoms with Crippen molar-refractivity contribution in [3.63, 3.8) is 0 Å². The van der Waals surface area contributed by atoms with Crippen LogP contribution in [0.25, 0.3) is 10.6 Å². The molecule has 0 saturated carbocycles. The fourth-order valence-electron chi connectivity index (χ4n) is 2.30. The molecule has 0 radical (unpaired) electrons. The summed E-state index contributed by atoms with van der Waals surface area (Å²) in [5.41, 5.74) is 1.96. The van der Waals surface area contributed by atoms with Crippen molar-refractivity contribution >= 4 is 28.8 Å². The fourth-order valence-corrected chi connectivity index (χ4v) is 3.67. The van der Waals surface area contributed by atoms with Gasteiger partial charge in [0.05, 0.1) is 4.88 Å². The van der Waals surface area contributed by atoms with E-state index < -0.39 is 0 Å². The lowest BCUT2D eigenvalue weighted by Crippen LogP contribution is -2.32. The predicted octanol–water partition coefficient (Wildman–Crippen LogP) is 4.02. The molecule has 1 N–H and O–H groups in total. The second-order valence-corrected chi connectivity index (χ2v) is 7.03. The van der Waals surface area contributed by atoms with E-state index in [0.717, 1.165) is 29.3 Å². The van der Waals surface area contributed by atoms with E-state index in [-0.39, 0.29) is 11.9 Å². The molecular formula is C17H17N3OS2. The summed E-state index contributed by atoms with van der Waals surface area (Å²) in [6.45, 7) is 2.03. The molecule has 4 nitrogen and oxygen atoms in total. The number of benzene rings is 1. The Labute approximate surface area is 143 Å². The molecule has 0 aliphatic rings. The monoisotopic (exact) mass is 343 g/mol. The number of carbonyl (C=O) groups excluding carboxylic acids is 1. The number of aromatic nitrogens is 2. The quantitative estimate of drug-likeness (QED) is 0.735. The van der Waals surface area contributed by atoms with Gasteiger partial charge in [0.25, 0.3) is 5.91 Å². The van der Waals surface area contributed by atoms with E-state index in [4.69, 9.17) is 0 Å². The molecule has 6 heteroatoms. The van der Waals surface area contributed by atoms with Crippen LogP contribution in [0.2, 0.25) is 0 Å². The van der Waals surface area contributed by atoms with E-state index >= 15 is 0 Å². The van der Waals surface area contributed by atoms with Gasteiger partial charge in [0.1, 0.15) is 10.6 Å². The number of thiophene rings is 1. The first-order chi connectivity index (χ1) is 11.2. The smallest absolute Gasteiger partial charge is 0.265 e. The molecule has 23 heavy (non-hydrogen) atoms. The first-order valence-electron chi connectivity index (χ1n) is 7.45. The van der Waals surface area contributed by atoms with Gasteiger partial charge in [0.2, 0.25) is 0 Å². The van der Waals surface area contributed by atoms with Gasteiger partial charge in [-0.2, -0.15) is 0 Å². The summed E-state index contributed by atoms with van der Waals surface area (Å²) < 4.78 is 3.94. The minimum absolute atomic E-state index is 0.0936. The lowest BCUT2D eigenvalue weighted by Gasteiger charge is -2.13. The highest BCUT2D eigenvalue weighted by Gasteiger charge is 2.19. The van der Waals surface area contributed by atoms with Crippen LogP contribution < -0.4 is 5.32 Å². The zero-order valence-corrected chi connectivity index (χ0v) is 14.4. The molecule has 1 unspecified atom stereocenters. The topological polar surface area (TPSA) is 54.9 Å². The first kappa shape index (κ1) is 15.8. The number of hydrogen-bond acceptors (Lipinski definition) is 5. The molecule has 3 rings (SSSR count). The van der Waals surface area contributed by atoms with E-state index in [2.05, 4.69) is 27.0 Å². The highest BCUT2D eigenvalue weighted by Crippen LogP contribution is 2.27. The van der Waals surface area contributed by atoms with Crippen LogP contribution in [-0.2, 0) is 6.42 Å². The van der Waals surface area contributed by atoms with Gasteiger partial charge in [-0.1, -0.05) is 40.9 Å². The average Bonchev–Trinajstić information content (AvgIpc) is 3.24. The Bertz CT molecular complexity index is 753. The molecular weight excluding hydrogens is 326 g/mol. The summed E-state index contributed by atoms with van der Waals surface area (Å²) in [5.74, 6) is -0.0936. The standard InChI is InChI=1S/C17H17N3OS2/c1-12(9-10-13-6-3-2-4-7-13)18-17(21)16-15(19-20-23-16)14-8-5-11-22-14/h2-8,11-12H,9-10H2,1H3,(H,18,21). The molecule has 0 spiro atoms. The zero-order chi connectivity index (χ0) is 16.1. The third kappa shape index (κ3) is 4.03. The van der Waals surface area contributed by atoms with Gasteiger partial charge in [0.15, 0.2) is 0 Å². The summed E-state index contributed by atoms with van der Waals surface area (Å²) in [5, 5.41) is 9.12. The number of nitrogens with zero attached hydrogens (tertiary/aromatic N) is 2. The van der Waals surface area contributed by atoms with Crippen LogP contribution in [-0.4, -0.2) is 21.5 Å². The first-order valence-corrected chi connectivity index (χ1v) is 9.10. The Morgan fingerprint density at radius 3 is 2.78 bits per heavy atom. The van der Waals surface area contributed by atoms with Crippen LogP contribution in [0.1, 0.15) is 28.6 Å². The van der Waals surface area contributed by atoms with Crippen molar-refractivity contribution in [1.82, 2.24) is 14.9 Å². The van der Waals surface area contributed by atoms with Gasteiger partial charge in [-0.15, -0.1) is 16.4 Å². The lowest BCUT2D eigenvalue weighted by molar-refractivity contribution is 0.0943. The summed E-state index contributed by atoms with van der Waals surface area (Å²) in [4.78, 5) is 14.0. The molecule has 2 heterocycles. The van der Waals surface area contributed by atoms with Crippen LogP contribution in [0, 0.1) is 0 Å². The molecule has 0 fully saturated rings. The minimum atomic E-state index is -0.0936. The third-order valence-electron chi connectivity index (χ3n) is 3.54. The number of amides is 1. The predicted molar refractivity (Wildman–Crippen MR) is 94.9 cm³/mol. The van der Waals surface area contributed by atoms with Gasteiger partial charge in [0, 0.05) is 6.04 Å². The maximum atomic E-state index is 12.5. The maximum Gasteiger partial charge on any atom is 0.265 e. The van der Waals surface area contributed by atoms with Crippen molar-refractivity contribution in [1.29, 1.82) is 0 Å². The number of hydrogen-bond donors (Lipinski definition) is 1. The van der Waals surface area contributed by atoms with Gasteiger partial charge in [-0.3, -0.25) is 4.79 Å². The summed E-state index contributed by atoms with van der Waals surface area (Å²) in [6, 6.07) is 14.3. The van der Waals surface area contributed by atoms with Gasteiger partial charge in [-0.05, 0) is 48.3 Å². The SMILES string of the molecule is CC(CCc1ccccc1)NC(=O)c1snnc1-c1cccs1. The maximum absolute atomic E-state index is 12.5. The molecule has 0 bridgehead atoms. The average molecular weight is 343 g/mol. The molecule has 3 aromatic rings. The van der Waals surface area contributed by atoms with Crippen molar-refractivity contribution in [3.8, 4) is 10.6 Å². The molecule has 118 valence electrons. The minimum Gasteiger partial charge on any atom is -0.349 e. The molecule has 0 saturated heterocycles. The Balaban J connectivity index is 1.60. The van der Waals surface area contributed by atoms with Gasteiger partial charge >= 0.3 is 0 Å². The summed E-state index contributed by atoms with van der Waals surface area (Å²) in [7, 11) is 0. The third-order valence-corrected chi connectivity index (χ3v) is 5.14. The Morgan fingerprint density at radius 1 is 1.22 bits per heavy atom. The zero-order valence-electron chi connectivity index (χ0n) is 12.7. The van der Waals surface area contributed by atoms with Crippen molar-refractivity contribution in [2.45, 2.75) is 25.8 Å². The lowest BCUT2D eigenvalue weighted by atomic mass is 10.1. The number of carbonyl (C=O) groups is 1. The van der Waals surface area contributed by atoms with Crippen LogP contribution in [0.4, 0.5) is 0 Å². The van der Waals surface area contributed by atoms with Crippen molar-refractivity contribution in [2.24, 2.45) is 0 Å².